The number of benzene rings is 2. The Hall–Kier alpha value is -4.95. The van der Waals surface area contributed by atoms with Gasteiger partial charge in [-0.15, -0.1) is 5.10 Å². The first kappa shape index (κ1) is 24.7. The monoisotopic (exact) mass is 514 g/mol. The molecule has 0 aliphatic rings. The fourth-order valence-corrected chi connectivity index (χ4v) is 3.45. The number of aromatic nitrogens is 6. The fourth-order valence-electron chi connectivity index (χ4n) is 3.45. The molecule has 0 fully saturated rings. The average Bonchev–Trinajstić information content (AvgIpc) is 3.67. The average molecular weight is 514 g/mol. The van der Waals surface area contributed by atoms with Crippen LogP contribution in [0.2, 0.25) is 0 Å². The van der Waals surface area contributed by atoms with Crippen LogP contribution >= 0.6 is 0 Å². The zero-order valence-electron chi connectivity index (χ0n) is 19.8. The molecule has 0 aliphatic heterocycles. The fraction of sp³-hybridized carbons (Fsp3) is 0.148. The van der Waals surface area contributed by atoms with Crippen LogP contribution in [0.15, 0.2) is 90.1 Å². The highest BCUT2D eigenvalue weighted by Gasteiger charge is 2.42. The highest BCUT2D eigenvalue weighted by molar-refractivity contribution is 5.53. The molecule has 0 bridgehead atoms. The second-order valence-electron chi connectivity index (χ2n) is 8.20. The molecule has 1 atom stereocenters. The summed E-state index contributed by atoms with van der Waals surface area (Å²) in [6.07, 6.45) is 3.47. The molecule has 2 aromatic carbocycles. The van der Waals surface area contributed by atoms with Crippen LogP contribution in [-0.2, 0) is 19.1 Å². The first-order chi connectivity index (χ1) is 18.5. The molecule has 0 saturated heterocycles. The van der Waals surface area contributed by atoms with Crippen LogP contribution in [0, 0.1) is 11.8 Å². The van der Waals surface area contributed by atoms with E-state index >= 15 is 0 Å². The highest BCUT2D eigenvalue weighted by atomic mass is 19.3. The van der Waals surface area contributed by atoms with E-state index in [9.17, 15) is 13.9 Å². The van der Waals surface area contributed by atoms with E-state index in [-0.39, 0.29) is 0 Å². The quantitative estimate of drug-likeness (QED) is 0.311. The van der Waals surface area contributed by atoms with Crippen molar-refractivity contribution in [2.45, 2.75) is 25.2 Å². The summed E-state index contributed by atoms with van der Waals surface area (Å²) in [6.45, 7) is -0.0807. The number of hydrogen-bond acceptors (Lipinski definition) is 8. The van der Waals surface area contributed by atoms with Gasteiger partial charge in [-0.3, -0.25) is 4.98 Å². The van der Waals surface area contributed by atoms with Crippen LogP contribution < -0.4 is 4.74 Å². The van der Waals surface area contributed by atoms with Crippen molar-refractivity contribution in [3.05, 3.63) is 108 Å². The third kappa shape index (κ3) is 5.88. The van der Waals surface area contributed by atoms with Gasteiger partial charge in [-0.2, -0.15) is 8.78 Å². The minimum atomic E-state index is -3.59. The lowest BCUT2D eigenvalue weighted by Gasteiger charge is -2.21. The molecule has 1 N–H and O–H groups in total. The molecule has 1 unspecified atom stereocenters. The maximum atomic E-state index is 14.6. The summed E-state index contributed by atoms with van der Waals surface area (Å²) in [5, 5.41) is 20.1. The molecule has 0 spiro atoms. The zero-order chi connectivity index (χ0) is 26.4. The van der Waals surface area contributed by atoms with E-state index in [2.05, 4.69) is 37.3 Å². The van der Waals surface area contributed by atoms with Gasteiger partial charge in [0.05, 0.1) is 12.7 Å². The first-order valence-electron chi connectivity index (χ1n) is 11.4. The number of halogens is 2. The number of rotatable bonds is 8. The molecule has 11 heteroatoms. The van der Waals surface area contributed by atoms with Crippen molar-refractivity contribution in [1.82, 2.24) is 30.2 Å². The summed E-state index contributed by atoms with van der Waals surface area (Å²) in [5.41, 5.74) is 2.48. The molecule has 5 rings (SSSR count). The topological polar surface area (TPSA) is 112 Å². The van der Waals surface area contributed by atoms with Gasteiger partial charge in [-0.25, -0.2) is 9.67 Å². The Morgan fingerprint density at radius 3 is 2.39 bits per heavy atom. The minimum absolute atomic E-state index is 0.393. The third-order valence-corrected chi connectivity index (χ3v) is 5.52. The second kappa shape index (κ2) is 11.0. The molecule has 3 aromatic heterocycles. The largest absolute Gasteiger partial charge is 0.489 e. The molecule has 0 amide bonds. The number of aliphatic hydroxyl groups is 1. The van der Waals surface area contributed by atoms with Gasteiger partial charge in [-0.05, 0) is 64.5 Å². The summed E-state index contributed by atoms with van der Waals surface area (Å²) in [6, 6.07) is 17.5. The maximum Gasteiger partial charge on any atom is 0.316 e. The molecule has 190 valence electrons. The molecular weight excluding hydrogens is 494 g/mol. The Balaban J connectivity index is 1.16. The van der Waals surface area contributed by atoms with E-state index in [1.165, 1.54) is 18.5 Å². The smallest absolute Gasteiger partial charge is 0.316 e. The van der Waals surface area contributed by atoms with Crippen molar-refractivity contribution in [2.75, 3.05) is 0 Å². The Kier molecular flexibility index (Phi) is 7.15. The van der Waals surface area contributed by atoms with Gasteiger partial charge in [-0.1, -0.05) is 24.0 Å². The highest BCUT2D eigenvalue weighted by Crippen LogP contribution is 2.31. The van der Waals surface area contributed by atoms with E-state index in [1.54, 1.807) is 30.5 Å². The Morgan fingerprint density at radius 2 is 1.74 bits per heavy atom. The number of ether oxygens (including phenoxy) is 1. The molecule has 0 radical (unpaired) electrons. The van der Waals surface area contributed by atoms with Crippen molar-refractivity contribution in [2.24, 2.45) is 0 Å². The van der Waals surface area contributed by atoms with Crippen molar-refractivity contribution >= 4 is 0 Å². The van der Waals surface area contributed by atoms with Gasteiger partial charge in [0.25, 0.3) is 0 Å². The van der Waals surface area contributed by atoms with Crippen LogP contribution in [0.5, 0.6) is 5.75 Å². The predicted octanol–water partition coefficient (Wildman–Crippen LogP) is 3.85. The van der Waals surface area contributed by atoms with Crippen LogP contribution in [0.1, 0.15) is 22.4 Å². The van der Waals surface area contributed by atoms with E-state index < -0.39 is 24.3 Å². The number of pyridine rings is 1. The first-order valence-corrected chi connectivity index (χ1v) is 11.4. The van der Waals surface area contributed by atoms with Crippen molar-refractivity contribution in [1.29, 1.82) is 0 Å². The number of hydrogen-bond donors (Lipinski definition) is 1. The minimum Gasteiger partial charge on any atom is -0.489 e. The number of aliphatic hydroxyl groups excluding tert-OH is 1. The molecular formula is C27H20F2N6O3. The molecule has 9 nitrogen and oxygen atoms in total. The lowest BCUT2D eigenvalue weighted by molar-refractivity contribution is -0.124. The normalized spacial score (nSPS) is 12.0. The summed E-state index contributed by atoms with van der Waals surface area (Å²) >= 11 is 0. The van der Waals surface area contributed by atoms with E-state index in [4.69, 9.17) is 9.15 Å². The molecule has 5 aromatic rings. The van der Waals surface area contributed by atoms with Crippen LogP contribution in [0.4, 0.5) is 8.78 Å². The van der Waals surface area contributed by atoms with Gasteiger partial charge >= 0.3 is 5.92 Å². The van der Waals surface area contributed by atoms with Gasteiger partial charge in [0, 0.05) is 22.9 Å². The lowest BCUT2D eigenvalue weighted by atomic mass is 10.1. The van der Waals surface area contributed by atoms with Gasteiger partial charge in [0.15, 0.2) is 0 Å². The van der Waals surface area contributed by atoms with E-state index in [0.29, 0.717) is 23.8 Å². The molecule has 0 aliphatic carbocycles. The molecule has 38 heavy (non-hydrogen) atoms. The molecule has 3 heterocycles. The van der Waals surface area contributed by atoms with Crippen molar-refractivity contribution in [3.8, 4) is 29.0 Å². The lowest BCUT2D eigenvalue weighted by Crippen LogP contribution is -2.35. The Bertz CT molecular complexity index is 1510. The number of nitrogens with zero attached hydrogens (tertiary/aromatic N) is 6. The Labute approximate surface area is 215 Å². The Morgan fingerprint density at radius 1 is 0.974 bits per heavy atom. The summed E-state index contributed by atoms with van der Waals surface area (Å²) in [4.78, 5) is 7.92. The van der Waals surface area contributed by atoms with Gasteiger partial charge in [0.1, 0.15) is 36.7 Å². The van der Waals surface area contributed by atoms with Gasteiger partial charge in [0.2, 0.25) is 5.89 Å². The van der Waals surface area contributed by atoms with E-state index in [1.807, 2.05) is 24.3 Å². The van der Waals surface area contributed by atoms with Crippen molar-refractivity contribution in [3.63, 3.8) is 0 Å². The van der Waals surface area contributed by atoms with Crippen LogP contribution in [-0.4, -0.2) is 41.4 Å². The zero-order valence-corrected chi connectivity index (χ0v) is 19.8. The summed E-state index contributed by atoms with van der Waals surface area (Å²) in [7, 11) is 0. The van der Waals surface area contributed by atoms with Crippen LogP contribution in [0.3, 0.4) is 0 Å². The number of alkyl halides is 2. The van der Waals surface area contributed by atoms with Crippen LogP contribution in [0.25, 0.3) is 11.5 Å². The second-order valence-corrected chi connectivity index (χ2v) is 8.20. The summed E-state index contributed by atoms with van der Waals surface area (Å²) in [5.74, 6) is 3.52. The number of oxazole rings is 1. The summed E-state index contributed by atoms with van der Waals surface area (Å²) < 4.78 is 41.3. The predicted molar refractivity (Wildman–Crippen MR) is 131 cm³/mol. The molecule has 0 saturated carbocycles. The number of tetrazole rings is 1. The standard InChI is InChI=1S/C27H20F2N6O3/c28-27(29,25(36)16-35-18-32-33-34-35)24-12-7-20(15-31-24)2-1-19-5-10-23(11-6-19)38-17-21-3-8-22(9-4-21)26-30-13-14-37-26/h3-15,18,25,36H,16-17H2. The van der Waals surface area contributed by atoms with E-state index in [0.717, 1.165) is 33.8 Å². The van der Waals surface area contributed by atoms with Gasteiger partial charge < -0.3 is 14.3 Å². The third-order valence-electron chi connectivity index (χ3n) is 5.52. The van der Waals surface area contributed by atoms with Crippen molar-refractivity contribution < 1.29 is 23.0 Å². The maximum absolute atomic E-state index is 14.6. The SMILES string of the molecule is OC(Cn1cnnn1)C(F)(F)c1ccc(C#Cc2ccc(OCc3ccc(-c4ncco4)cc3)cc2)cn1.